The van der Waals surface area contributed by atoms with Crippen molar-refractivity contribution < 1.29 is 13.9 Å². The van der Waals surface area contributed by atoms with Crippen molar-refractivity contribution >= 4 is 0 Å². The van der Waals surface area contributed by atoms with Crippen LogP contribution < -0.4 is 10.1 Å². The third-order valence-corrected chi connectivity index (χ3v) is 2.43. The summed E-state index contributed by atoms with van der Waals surface area (Å²) in [6.45, 7) is 1.83. The van der Waals surface area contributed by atoms with E-state index in [0.29, 0.717) is 25.6 Å². The molecule has 1 saturated heterocycles. The second-order valence-electron chi connectivity index (χ2n) is 3.75. The number of hydrogen-bond donors (Lipinski definition) is 1. The van der Waals surface area contributed by atoms with Gasteiger partial charge in [-0.25, -0.2) is 9.37 Å². The summed E-state index contributed by atoms with van der Waals surface area (Å²) in [5.74, 6) is 0.145. The minimum Gasteiger partial charge on any atom is -0.472 e. The molecule has 1 N–H and O–H groups in total. The van der Waals surface area contributed by atoms with Crippen LogP contribution in [0.5, 0.6) is 5.88 Å². The lowest BCUT2D eigenvalue weighted by atomic mass is 10.2. The van der Waals surface area contributed by atoms with E-state index in [0.717, 1.165) is 12.0 Å². The Hall–Kier alpha value is -1.20. The van der Waals surface area contributed by atoms with Crippen LogP contribution in [0.3, 0.4) is 0 Å². The lowest BCUT2D eigenvalue weighted by molar-refractivity contribution is 0.137. The minimum atomic E-state index is -0.347. The number of nitrogens with one attached hydrogen (secondary N) is 1. The fourth-order valence-electron chi connectivity index (χ4n) is 1.66. The molecule has 0 bridgehead atoms. The van der Waals surface area contributed by atoms with Crippen molar-refractivity contribution in [2.75, 3.05) is 20.3 Å². The maximum Gasteiger partial charge on any atom is 0.218 e. The van der Waals surface area contributed by atoms with E-state index in [9.17, 15) is 4.39 Å². The molecule has 88 valence electrons. The summed E-state index contributed by atoms with van der Waals surface area (Å²) in [6.07, 6.45) is 2.07. The Morgan fingerprint density at radius 3 is 3.25 bits per heavy atom. The highest BCUT2D eigenvalue weighted by Crippen LogP contribution is 2.20. The van der Waals surface area contributed by atoms with Crippen LogP contribution in [0.1, 0.15) is 12.0 Å². The van der Waals surface area contributed by atoms with E-state index in [2.05, 4.69) is 10.3 Å². The maximum absolute atomic E-state index is 13.0. The largest absolute Gasteiger partial charge is 0.472 e. The second kappa shape index (κ2) is 5.23. The van der Waals surface area contributed by atoms with E-state index >= 15 is 0 Å². The maximum atomic E-state index is 13.0. The fraction of sp³-hybridized carbons (Fsp3) is 0.545. The molecule has 1 aromatic heterocycles. The van der Waals surface area contributed by atoms with Gasteiger partial charge < -0.3 is 14.8 Å². The molecule has 1 aliphatic rings. The van der Waals surface area contributed by atoms with Gasteiger partial charge in [-0.15, -0.1) is 0 Å². The smallest absolute Gasteiger partial charge is 0.218 e. The number of pyridine rings is 1. The number of rotatable bonds is 4. The highest BCUT2D eigenvalue weighted by molar-refractivity contribution is 5.26. The molecule has 0 aliphatic carbocycles. The lowest BCUT2D eigenvalue weighted by Crippen LogP contribution is -2.18. The molecule has 0 aromatic carbocycles. The molecular formula is C11H15FN2O2. The van der Waals surface area contributed by atoms with Gasteiger partial charge >= 0.3 is 0 Å². The standard InChI is InChI=1S/C11H15FN2O2/c1-13-5-8-4-9(12)6-14-11(8)16-10-2-3-15-7-10/h4,6,10,13H,2-3,5,7H2,1H3. The van der Waals surface area contributed by atoms with Crippen LogP contribution in [-0.4, -0.2) is 31.3 Å². The quantitative estimate of drug-likeness (QED) is 0.835. The molecule has 0 amide bonds. The third kappa shape index (κ3) is 2.68. The highest BCUT2D eigenvalue weighted by atomic mass is 19.1. The summed E-state index contributed by atoms with van der Waals surface area (Å²) in [6, 6.07) is 1.44. The van der Waals surface area contributed by atoms with Crippen molar-refractivity contribution in [1.29, 1.82) is 0 Å². The first-order chi connectivity index (χ1) is 7.79. The van der Waals surface area contributed by atoms with Crippen LogP contribution in [0, 0.1) is 5.82 Å². The van der Waals surface area contributed by atoms with Crippen molar-refractivity contribution in [2.45, 2.75) is 19.1 Å². The first kappa shape index (κ1) is 11.3. The number of ether oxygens (including phenoxy) is 2. The topological polar surface area (TPSA) is 43.4 Å². The molecule has 1 unspecified atom stereocenters. The Morgan fingerprint density at radius 1 is 1.69 bits per heavy atom. The molecule has 1 fully saturated rings. The molecule has 0 radical (unpaired) electrons. The lowest BCUT2D eigenvalue weighted by Gasteiger charge is -2.14. The Kier molecular flexibility index (Phi) is 3.69. The average molecular weight is 226 g/mol. The van der Waals surface area contributed by atoms with Crippen LogP contribution in [0.15, 0.2) is 12.3 Å². The predicted molar refractivity (Wildman–Crippen MR) is 56.8 cm³/mol. The molecule has 5 heteroatoms. The van der Waals surface area contributed by atoms with Crippen molar-refractivity contribution in [3.8, 4) is 5.88 Å². The van der Waals surface area contributed by atoms with E-state index in [1.165, 1.54) is 12.3 Å². The third-order valence-electron chi connectivity index (χ3n) is 2.43. The molecule has 4 nitrogen and oxygen atoms in total. The highest BCUT2D eigenvalue weighted by Gasteiger charge is 2.19. The Bertz CT molecular complexity index is 354. The van der Waals surface area contributed by atoms with Crippen molar-refractivity contribution in [2.24, 2.45) is 0 Å². The first-order valence-electron chi connectivity index (χ1n) is 5.33. The molecule has 16 heavy (non-hydrogen) atoms. The summed E-state index contributed by atoms with van der Waals surface area (Å²) in [7, 11) is 1.80. The minimum absolute atomic E-state index is 0.0357. The number of aromatic nitrogens is 1. The molecule has 2 rings (SSSR count). The molecule has 0 spiro atoms. The van der Waals surface area contributed by atoms with Gasteiger partial charge in [-0.05, 0) is 13.1 Å². The Labute approximate surface area is 93.8 Å². The Balaban J connectivity index is 2.11. The SMILES string of the molecule is CNCc1cc(F)cnc1OC1CCOC1. The van der Waals surface area contributed by atoms with Crippen LogP contribution in [0.25, 0.3) is 0 Å². The normalized spacial score (nSPS) is 20.0. The summed E-state index contributed by atoms with van der Waals surface area (Å²) in [5, 5.41) is 2.96. The Morgan fingerprint density at radius 2 is 2.56 bits per heavy atom. The van der Waals surface area contributed by atoms with E-state index in [1.807, 2.05) is 0 Å². The molecule has 1 atom stereocenters. The molecular weight excluding hydrogens is 211 g/mol. The zero-order chi connectivity index (χ0) is 11.4. The van der Waals surface area contributed by atoms with Crippen LogP contribution >= 0.6 is 0 Å². The van der Waals surface area contributed by atoms with Gasteiger partial charge in [0.2, 0.25) is 5.88 Å². The van der Waals surface area contributed by atoms with Crippen molar-refractivity contribution in [3.05, 3.63) is 23.6 Å². The summed E-state index contributed by atoms with van der Waals surface area (Å²) in [5.41, 5.74) is 0.731. The van der Waals surface area contributed by atoms with E-state index < -0.39 is 0 Å². The summed E-state index contributed by atoms with van der Waals surface area (Å²) < 4.78 is 23.9. The van der Waals surface area contributed by atoms with Gasteiger partial charge in [0.1, 0.15) is 11.9 Å². The van der Waals surface area contributed by atoms with Crippen molar-refractivity contribution in [1.82, 2.24) is 10.3 Å². The van der Waals surface area contributed by atoms with Gasteiger partial charge in [0, 0.05) is 18.5 Å². The first-order valence-corrected chi connectivity index (χ1v) is 5.33. The van der Waals surface area contributed by atoms with E-state index in [-0.39, 0.29) is 11.9 Å². The summed E-state index contributed by atoms with van der Waals surface area (Å²) in [4.78, 5) is 3.97. The number of hydrogen-bond acceptors (Lipinski definition) is 4. The van der Waals surface area contributed by atoms with Crippen molar-refractivity contribution in [3.63, 3.8) is 0 Å². The number of halogens is 1. The second-order valence-corrected chi connectivity index (χ2v) is 3.75. The average Bonchev–Trinajstić information content (AvgIpc) is 2.75. The molecule has 2 heterocycles. The van der Waals surface area contributed by atoms with Gasteiger partial charge in [-0.2, -0.15) is 0 Å². The van der Waals surface area contributed by atoms with E-state index in [1.54, 1.807) is 7.05 Å². The van der Waals surface area contributed by atoms with Gasteiger partial charge in [-0.1, -0.05) is 0 Å². The van der Waals surface area contributed by atoms with Crippen LogP contribution in [-0.2, 0) is 11.3 Å². The predicted octanol–water partition coefficient (Wildman–Crippen LogP) is 1.11. The fourth-order valence-corrected chi connectivity index (χ4v) is 1.66. The van der Waals surface area contributed by atoms with Gasteiger partial charge in [0.15, 0.2) is 0 Å². The molecule has 1 aliphatic heterocycles. The van der Waals surface area contributed by atoms with Gasteiger partial charge in [0.25, 0.3) is 0 Å². The van der Waals surface area contributed by atoms with E-state index in [4.69, 9.17) is 9.47 Å². The molecule has 0 saturated carbocycles. The number of nitrogens with zero attached hydrogens (tertiary/aromatic N) is 1. The van der Waals surface area contributed by atoms with Crippen LogP contribution in [0.4, 0.5) is 4.39 Å². The van der Waals surface area contributed by atoms with Crippen LogP contribution in [0.2, 0.25) is 0 Å². The van der Waals surface area contributed by atoms with Gasteiger partial charge in [0.05, 0.1) is 19.4 Å². The molecule has 1 aromatic rings. The van der Waals surface area contributed by atoms with Gasteiger partial charge in [-0.3, -0.25) is 0 Å². The summed E-state index contributed by atoms with van der Waals surface area (Å²) >= 11 is 0. The monoisotopic (exact) mass is 226 g/mol. The zero-order valence-corrected chi connectivity index (χ0v) is 9.20. The zero-order valence-electron chi connectivity index (χ0n) is 9.20.